The highest BCUT2D eigenvalue weighted by Gasteiger charge is 2.12. The molecule has 1 unspecified atom stereocenters. The molecule has 0 saturated heterocycles. The van der Waals surface area contributed by atoms with Crippen LogP contribution in [0.2, 0.25) is 5.22 Å². The fourth-order valence-electron chi connectivity index (χ4n) is 1.44. The molecule has 5 heteroatoms. The molecule has 0 aliphatic rings. The van der Waals surface area contributed by atoms with Gasteiger partial charge in [0.25, 0.3) is 0 Å². The van der Waals surface area contributed by atoms with Crippen LogP contribution in [-0.2, 0) is 0 Å². The highest BCUT2D eigenvalue weighted by atomic mass is 35.5. The van der Waals surface area contributed by atoms with Crippen LogP contribution in [0.3, 0.4) is 0 Å². The molecule has 0 aliphatic heterocycles. The van der Waals surface area contributed by atoms with E-state index in [1.807, 2.05) is 0 Å². The van der Waals surface area contributed by atoms with Gasteiger partial charge in [0.05, 0.1) is 7.11 Å². The van der Waals surface area contributed by atoms with E-state index in [4.69, 9.17) is 25.5 Å². The number of furan rings is 1. The van der Waals surface area contributed by atoms with Gasteiger partial charge in [-0.3, -0.25) is 0 Å². The van der Waals surface area contributed by atoms with Crippen LogP contribution in [0.15, 0.2) is 40.8 Å². The van der Waals surface area contributed by atoms with Gasteiger partial charge in [0.1, 0.15) is 30.0 Å². The van der Waals surface area contributed by atoms with Gasteiger partial charge in [0.2, 0.25) is 0 Å². The quantitative estimate of drug-likeness (QED) is 0.905. The smallest absolute Gasteiger partial charge is 0.193 e. The van der Waals surface area contributed by atoms with Crippen molar-refractivity contribution in [3.05, 3.63) is 47.4 Å². The van der Waals surface area contributed by atoms with Gasteiger partial charge in [0.15, 0.2) is 5.22 Å². The second-order valence-corrected chi connectivity index (χ2v) is 4.02. The molecule has 0 bridgehead atoms. The molecule has 0 fully saturated rings. The number of rotatable bonds is 5. The number of aliphatic hydroxyl groups is 1. The highest BCUT2D eigenvalue weighted by Crippen LogP contribution is 2.22. The third-order valence-electron chi connectivity index (χ3n) is 2.39. The summed E-state index contributed by atoms with van der Waals surface area (Å²) in [5, 5.41) is 10.0. The molecule has 2 rings (SSSR count). The molecule has 1 heterocycles. The fraction of sp³-hybridized carbons (Fsp3) is 0.231. The summed E-state index contributed by atoms with van der Waals surface area (Å²) >= 11 is 5.62. The Labute approximate surface area is 110 Å². The Morgan fingerprint density at radius 3 is 2.39 bits per heavy atom. The number of aliphatic hydroxyl groups excluding tert-OH is 1. The van der Waals surface area contributed by atoms with E-state index >= 15 is 0 Å². The SMILES string of the molecule is COc1ccc(OCC(O)c2ccc(Cl)o2)cc1. The van der Waals surface area contributed by atoms with Crippen molar-refractivity contribution in [2.24, 2.45) is 0 Å². The Bertz CT molecular complexity index is 492. The molecule has 1 N–H and O–H groups in total. The zero-order valence-electron chi connectivity index (χ0n) is 9.80. The van der Waals surface area contributed by atoms with Crippen molar-refractivity contribution in [2.45, 2.75) is 6.10 Å². The first-order valence-electron chi connectivity index (χ1n) is 5.39. The summed E-state index contributed by atoms with van der Waals surface area (Å²) < 4.78 is 15.5. The maximum atomic E-state index is 9.79. The van der Waals surface area contributed by atoms with Crippen molar-refractivity contribution in [1.82, 2.24) is 0 Å². The van der Waals surface area contributed by atoms with E-state index in [9.17, 15) is 5.11 Å². The van der Waals surface area contributed by atoms with Gasteiger partial charge >= 0.3 is 0 Å². The van der Waals surface area contributed by atoms with Crippen LogP contribution < -0.4 is 9.47 Å². The molecule has 4 nitrogen and oxygen atoms in total. The minimum Gasteiger partial charge on any atom is -0.497 e. The number of benzene rings is 1. The van der Waals surface area contributed by atoms with Crippen LogP contribution in [0.1, 0.15) is 11.9 Å². The Balaban J connectivity index is 1.90. The zero-order valence-corrected chi connectivity index (χ0v) is 10.6. The lowest BCUT2D eigenvalue weighted by molar-refractivity contribution is 0.0889. The molecule has 1 aromatic carbocycles. The summed E-state index contributed by atoms with van der Waals surface area (Å²) in [6.07, 6.45) is -0.848. The molecule has 1 atom stereocenters. The molecule has 96 valence electrons. The second-order valence-electron chi connectivity index (χ2n) is 3.64. The van der Waals surface area contributed by atoms with Crippen molar-refractivity contribution in [1.29, 1.82) is 0 Å². The van der Waals surface area contributed by atoms with Crippen molar-refractivity contribution in [2.75, 3.05) is 13.7 Å². The van der Waals surface area contributed by atoms with Crippen LogP contribution in [0.25, 0.3) is 0 Å². The summed E-state index contributed by atoms with van der Waals surface area (Å²) in [5.41, 5.74) is 0. The first-order valence-corrected chi connectivity index (χ1v) is 5.77. The minimum atomic E-state index is -0.848. The predicted molar refractivity (Wildman–Crippen MR) is 67.2 cm³/mol. The van der Waals surface area contributed by atoms with Crippen LogP contribution in [0.5, 0.6) is 11.5 Å². The Kier molecular flexibility index (Phi) is 4.12. The van der Waals surface area contributed by atoms with Gasteiger partial charge in [0, 0.05) is 0 Å². The van der Waals surface area contributed by atoms with Gasteiger partial charge < -0.3 is 19.0 Å². The van der Waals surface area contributed by atoms with E-state index in [0.29, 0.717) is 11.5 Å². The van der Waals surface area contributed by atoms with E-state index in [0.717, 1.165) is 5.75 Å². The zero-order chi connectivity index (χ0) is 13.0. The second kappa shape index (κ2) is 5.80. The number of ether oxygens (including phenoxy) is 2. The van der Waals surface area contributed by atoms with E-state index in [2.05, 4.69) is 0 Å². The summed E-state index contributed by atoms with van der Waals surface area (Å²) in [4.78, 5) is 0. The summed E-state index contributed by atoms with van der Waals surface area (Å²) in [5.74, 6) is 1.78. The van der Waals surface area contributed by atoms with E-state index < -0.39 is 6.10 Å². The molecule has 0 amide bonds. The summed E-state index contributed by atoms with van der Waals surface area (Å²) in [6.45, 7) is 0.0934. The third-order valence-corrected chi connectivity index (χ3v) is 2.59. The average molecular weight is 269 g/mol. The molecular weight excluding hydrogens is 256 g/mol. The molecule has 1 aromatic heterocycles. The molecular formula is C13H13ClO4. The van der Waals surface area contributed by atoms with Crippen molar-refractivity contribution < 1.29 is 19.0 Å². The Hall–Kier alpha value is -1.65. The van der Waals surface area contributed by atoms with Gasteiger partial charge in [-0.1, -0.05) is 0 Å². The molecule has 0 aliphatic carbocycles. The minimum absolute atomic E-state index is 0.0934. The fourth-order valence-corrected chi connectivity index (χ4v) is 1.59. The number of halogens is 1. The summed E-state index contributed by atoms with van der Waals surface area (Å²) in [6, 6.07) is 10.3. The monoisotopic (exact) mass is 268 g/mol. The molecule has 0 saturated carbocycles. The largest absolute Gasteiger partial charge is 0.497 e. The van der Waals surface area contributed by atoms with Crippen molar-refractivity contribution >= 4 is 11.6 Å². The number of hydrogen-bond donors (Lipinski definition) is 1. The summed E-state index contributed by atoms with van der Waals surface area (Å²) in [7, 11) is 1.60. The number of methoxy groups -OCH3 is 1. The Morgan fingerprint density at radius 1 is 1.17 bits per heavy atom. The predicted octanol–water partition coefficient (Wildman–Crippen LogP) is 3.05. The lowest BCUT2D eigenvalue weighted by Gasteiger charge is -2.10. The van der Waals surface area contributed by atoms with Crippen LogP contribution >= 0.6 is 11.6 Å². The highest BCUT2D eigenvalue weighted by molar-refractivity contribution is 6.28. The molecule has 0 radical (unpaired) electrons. The maximum Gasteiger partial charge on any atom is 0.193 e. The lowest BCUT2D eigenvalue weighted by atomic mass is 10.3. The van der Waals surface area contributed by atoms with Gasteiger partial charge in [-0.25, -0.2) is 0 Å². The average Bonchev–Trinajstić information content (AvgIpc) is 2.83. The first kappa shape index (κ1) is 12.8. The molecule has 18 heavy (non-hydrogen) atoms. The molecule has 0 spiro atoms. The van der Waals surface area contributed by atoms with E-state index in [-0.39, 0.29) is 11.8 Å². The van der Waals surface area contributed by atoms with Gasteiger partial charge in [-0.05, 0) is 48.0 Å². The van der Waals surface area contributed by atoms with E-state index in [1.54, 1.807) is 43.5 Å². The van der Waals surface area contributed by atoms with Crippen molar-refractivity contribution in [3.8, 4) is 11.5 Å². The lowest BCUT2D eigenvalue weighted by Crippen LogP contribution is -2.08. The van der Waals surface area contributed by atoms with Gasteiger partial charge in [-0.15, -0.1) is 0 Å². The van der Waals surface area contributed by atoms with Crippen LogP contribution in [-0.4, -0.2) is 18.8 Å². The normalized spacial score (nSPS) is 12.2. The maximum absolute atomic E-state index is 9.79. The van der Waals surface area contributed by atoms with Gasteiger partial charge in [-0.2, -0.15) is 0 Å². The van der Waals surface area contributed by atoms with E-state index in [1.165, 1.54) is 0 Å². The third kappa shape index (κ3) is 3.18. The first-order chi connectivity index (χ1) is 8.69. The van der Waals surface area contributed by atoms with Crippen LogP contribution in [0, 0.1) is 0 Å². The number of hydrogen-bond acceptors (Lipinski definition) is 4. The Morgan fingerprint density at radius 2 is 1.83 bits per heavy atom. The standard InChI is InChI=1S/C13H13ClO4/c1-16-9-2-4-10(5-3-9)17-8-11(15)12-6-7-13(14)18-12/h2-7,11,15H,8H2,1H3. The molecule has 2 aromatic rings. The van der Waals surface area contributed by atoms with Crippen LogP contribution in [0.4, 0.5) is 0 Å². The van der Waals surface area contributed by atoms with Crippen molar-refractivity contribution in [3.63, 3.8) is 0 Å². The topological polar surface area (TPSA) is 51.8 Å².